The van der Waals surface area contributed by atoms with Crippen LogP contribution in [0.5, 0.6) is 0 Å². The van der Waals surface area contributed by atoms with Crippen molar-refractivity contribution in [2.75, 3.05) is 13.1 Å². The molecule has 0 radical (unpaired) electrons. The van der Waals surface area contributed by atoms with Gasteiger partial charge in [0.1, 0.15) is 10.6 Å². The first kappa shape index (κ1) is 22.2. The van der Waals surface area contributed by atoms with E-state index in [1.807, 2.05) is 13.0 Å². The van der Waals surface area contributed by atoms with E-state index in [9.17, 15) is 18.0 Å². The van der Waals surface area contributed by atoms with Gasteiger partial charge in [-0.05, 0) is 57.0 Å². The third-order valence-electron chi connectivity index (χ3n) is 5.04. The van der Waals surface area contributed by atoms with Crippen molar-refractivity contribution in [2.24, 2.45) is 0 Å². The quantitative estimate of drug-likeness (QED) is 0.549. The van der Waals surface area contributed by atoms with Gasteiger partial charge in [-0.25, -0.2) is 13.4 Å². The summed E-state index contributed by atoms with van der Waals surface area (Å²) in [4.78, 5) is 29.8. The van der Waals surface area contributed by atoms with E-state index in [0.29, 0.717) is 34.4 Å². The molecule has 0 unspecified atom stereocenters. The fourth-order valence-corrected chi connectivity index (χ4v) is 5.87. The van der Waals surface area contributed by atoms with Crippen molar-refractivity contribution in [2.45, 2.75) is 31.6 Å². The molecular weight excluding hydrogens is 452 g/mol. The monoisotopic (exact) mass is 474 g/mol. The maximum Gasteiger partial charge on any atom is 0.281 e. The summed E-state index contributed by atoms with van der Waals surface area (Å²) >= 11 is 1.15. The molecule has 2 N–H and O–H groups in total. The second-order valence-corrected chi connectivity index (χ2v) is 10.3. The molecule has 3 heterocycles. The van der Waals surface area contributed by atoms with E-state index in [1.165, 1.54) is 28.6 Å². The maximum atomic E-state index is 12.7. The number of sulfonamides is 1. The summed E-state index contributed by atoms with van der Waals surface area (Å²) in [6.07, 6.45) is 1.65. The lowest BCUT2D eigenvalue weighted by molar-refractivity contribution is 0.0848. The zero-order valence-electron chi connectivity index (χ0n) is 17.5. The number of carbonyl (C=O) groups is 2. The number of aryl methyl sites for hydroxylation is 2. The van der Waals surface area contributed by atoms with E-state index in [4.69, 9.17) is 4.42 Å². The third kappa shape index (κ3) is 4.45. The van der Waals surface area contributed by atoms with Crippen molar-refractivity contribution in [1.82, 2.24) is 20.1 Å². The molecule has 11 heteroatoms. The molecule has 0 bridgehead atoms. The molecule has 1 aliphatic heterocycles. The number of hydrazine groups is 1. The molecule has 1 aromatic carbocycles. The van der Waals surface area contributed by atoms with Crippen LogP contribution in [0.4, 0.5) is 0 Å². The van der Waals surface area contributed by atoms with E-state index < -0.39 is 21.8 Å². The van der Waals surface area contributed by atoms with Gasteiger partial charge < -0.3 is 4.42 Å². The molecule has 3 aromatic rings. The lowest BCUT2D eigenvalue weighted by Gasteiger charge is -2.16. The predicted molar refractivity (Wildman–Crippen MR) is 119 cm³/mol. The number of hydrogen-bond donors (Lipinski definition) is 2. The van der Waals surface area contributed by atoms with Crippen molar-refractivity contribution in [3.63, 3.8) is 0 Å². The van der Waals surface area contributed by atoms with Gasteiger partial charge in [0.05, 0.1) is 10.6 Å². The van der Waals surface area contributed by atoms with Crippen molar-refractivity contribution in [3.05, 3.63) is 58.3 Å². The minimum absolute atomic E-state index is 0.0510. The number of amides is 2. The molecule has 1 saturated heterocycles. The first-order chi connectivity index (χ1) is 15.3. The van der Waals surface area contributed by atoms with Gasteiger partial charge in [-0.3, -0.25) is 20.4 Å². The first-order valence-electron chi connectivity index (χ1n) is 10.0. The summed E-state index contributed by atoms with van der Waals surface area (Å²) in [5.41, 5.74) is 5.32. The van der Waals surface area contributed by atoms with Gasteiger partial charge in [0, 0.05) is 18.7 Å². The van der Waals surface area contributed by atoms with Crippen molar-refractivity contribution < 1.29 is 22.4 Å². The summed E-state index contributed by atoms with van der Waals surface area (Å²) in [7, 11) is -3.65. The van der Waals surface area contributed by atoms with E-state index in [1.54, 1.807) is 13.0 Å². The molecule has 1 aliphatic rings. The number of hydrogen-bond acceptors (Lipinski definition) is 7. The molecule has 0 aliphatic carbocycles. The zero-order valence-corrected chi connectivity index (χ0v) is 19.2. The predicted octanol–water partition coefficient (Wildman–Crippen LogP) is 2.88. The van der Waals surface area contributed by atoms with Crippen LogP contribution in [-0.2, 0) is 10.0 Å². The van der Waals surface area contributed by atoms with E-state index in [0.717, 1.165) is 29.9 Å². The second kappa shape index (κ2) is 8.85. The Morgan fingerprint density at radius 1 is 1.06 bits per heavy atom. The van der Waals surface area contributed by atoms with Crippen LogP contribution in [0.3, 0.4) is 0 Å². The lowest BCUT2D eigenvalue weighted by atomic mass is 10.2. The van der Waals surface area contributed by atoms with Crippen LogP contribution < -0.4 is 10.9 Å². The van der Waals surface area contributed by atoms with Crippen molar-refractivity contribution in [3.8, 4) is 10.8 Å². The van der Waals surface area contributed by atoms with Gasteiger partial charge in [0.25, 0.3) is 11.8 Å². The highest BCUT2D eigenvalue weighted by atomic mass is 32.2. The Morgan fingerprint density at radius 3 is 2.47 bits per heavy atom. The first-order valence-corrected chi connectivity index (χ1v) is 12.3. The Kier molecular flexibility index (Phi) is 6.13. The van der Waals surface area contributed by atoms with Crippen LogP contribution in [0.15, 0.2) is 45.7 Å². The van der Waals surface area contributed by atoms with Gasteiger partial charge in [-0.1, -0.05) is 6.07 Å². The fraction of sp³-hybridized carbons (Fsp3) is 0.286. The minimum Gasteiger partial charge on any atom is -0.459 e. The van der Waals surface area contributed by atoms with Gasteiger partial charge >= 0.3 is 0 Å². The molecule has 0 spiro atoms. The molecule has 0 saturated carbocycles. The SMILES string of the molecule is Cc1ccc(-c2nc(C)c(C(=O)NNC(=O)c3cccc(S(=O)(=O)N4CCCC4)c3)s2)o1. The summed E-state index contributed by atoms with van der Waals surface area (Å²) in [6, 6.07) is 9.35. The number of benzene rings is 1. The molecule has 0 atom stereocenters. The summed E-state index contributed by atoms with van der Waals surface area (Å²) in [5.74, 6) is 0.152. The molecule has 4 rings (SSSR count). The van der Waals surface area contributed by atoms with Crippen LogP contribution in [0.2, 0.25) is 0 Å². The Hall–Kier alpha value is -3.02. The van der Waals surface area contributed by atoms with Gasteiger partial charge in [-0.15, -0.1) is 11.3 Å². The largest absolute Gasteiger partial charge is 0.459 e. The standard InChI is InChI=1S/C21H22N4O5S2/c1-13-8-9-17(30-13)21-22-14(2)18(31-21)20(27)24-23-19(26)15-6-5-7-16(12-15)32(28,29)25-10-3-4-11-25/h5-9,12H,3-4,10-11H2,1-2H3,(H,23,26)(H,24,27). The minimum atomic E-state index is -3.65. The molecule has 9 nitrogen and oxygen atoms in total. The fourth-order valence-electron chi connectivity index (χ4n) is 3.38. The average Bonchev–Trinajstić information content (AvgIpc) is 3.53. The summed E-state index contributed by atoms with van der Waals surface area (Å²) in [5, 5.41) is 0.562. The Morgan fingerprint density at radius 2 is 1.78 bits per heavy atom. The average molecular weight is 475 g/mol. The Balaban J connectivity index is 1.44. The molecule has 2 aromatic heterocycles. The van der Waals surface area contributed by atoms with E-state index in [-0.39, 0.29) is 10.5 Å². The van der Waals surface area contributed by atoms with Crippen LogP contribution in [0.1, 0.15) is 44.3 Å². The Labute approximate surface area is 189 Å². The number of aromatic nitrogens is 1. The van der Waals surface area contributed by atoms with Crippen LogP contribution >= 0.6 is 11.3 Å². The van der Waals surface area contributed by atoms with E-state index in [2.05, 4.69) is 15.8 Å². The van der Waals surface area contributed by atoms with Crippen molar-refractivity contribution >= 4 is 33.2 Å². The normalized spacial score (nSPS) is 14.4. The topological polar surface area (TPSA) is 122 Å². The molecule has 32 heavy (non-hydrogen) atoms. The smallest absolute Gasteiger partial charge is 0.281 e. The number of rotatable bonds is 5. The van der Waals surface area contributed by atoms with Crippen molar-refractivity contribution in [1.29, 1.82) is 0 Å². The highest BCUT2D eigenvalue weighted by molar-refractivity contribution is 7.89. The van der Waals surface area contributed by atoms with Crippen LogP contribution in [0.25, 0.3) is 10.8 Å². The number of nitrogens with one attached hydrogen (secondary N) is 2. The summed E-state index contributed by atoms with van der Waals surface area (Å²) < 4.78 is 32.4. The van der Waals surface area contributed by atoms with Crippen LogP contribution in [0, 0.1) is 13.8 Å². The van der Waals surface area contributed by atoms with Gasteiger partial charge in [-0.2, -0.15) is 4.31 Å². The molecule has 2 amide bonds. The number of furan rings is 1. The Bertz CT molecular complexity index is 1270. The summed E-state index contributed by atoms with van der Waals surface area (Å²) in [6.45, 7) is 4.46. The molecular formula is C21H22N4O5S2. The number of carbonyl (C=O) groups excluding carboxylic acids is 2. The lowest BCUT2D eigenvalue weighted by Crippen LogP contribution is -2.41. The molecule has 1 fully saturated rings. The van der Waals surface area contributed by atoms with Gasteiger partial charge in [0.15, 0.2) is 10.8 Å². The maximum absolute atomic E-state index is 12.7. The highest BCUT2D eigenvalue weighted by Gasteiger charge is 2.27. The van der Waals surface area contributed by atoms with E-state index >= 15 is 0 Å². The number of thiazole rings is 1. The zero-order chi connectivity index (χ0) is 22.9. The van der Waals surface area contributed by atoms with Gasteiger partial charge in [0.2, 0.25) is 10.0 Å². The third-order valence-corrected chi connectivity index (χ3v) is 8.11. The second-order valence-electron chi connectivity index (χ2n) is 7.39. The molecule has 168 valence electrons. The van der Waals surface area contributed by atoms with Crippen LogP contribution in [-0.4, -0.2) is 42.6 Å². The number of nitrogens with zero attached hydrogens (tertiary/aromatic N) is 2. The highest BCUT2D eigenvalue weighted by Crippen LogP contribution is 2.29.